The molecule has 1 N–H and O–H groups in total. The second kappa shape index (κ2) is 9.68. The van der Waals surface area contributed by atoms with Crippen LogP contribution in [0.5, 0.6) is 0 Å². The number of rotatable bonds is 5. The molecular formula is C18H24N2O4. The summed E-state index contributed by atoms with van der Waals surface area (Å²) in [4.78, 5) is 36.9. The average Bonchev–Trinajstić information content (AvgIpc) is 2.81. The topological polar surface area (TPSA) is 75.7 Å². The van der Waals surface area contributed by atoms with Crippen LogP contribution in [0.15, 0.2) is 23.3 Å². The molecule has 0 aromatic heterocycles. The monoisotopic (exact) mass is 332 g/mol. The van der Waals surface area contributed by atoms with E-state index >= 15 is 0 Å². The average molecular weight is 332 g/mol. The van der Waals surface area contributed by atoms with Crippen molar-refractivity contribution in [2.24, 2.45) is 0 Å². The summed E-state index contributed by atoms with van der Waals surface area (Å²) < 4.78 is 4.97. The molecule has 0 radical (unpaired) electrons. The summed E-state index contributed by atoms with van der Waals surface area (Å²) in [5, 5.41) is 2.29. The maximum Gasteiger partial charge on any atom is 0.250 e. The van der Waals surface area contributed by atoms with E-state index < -0.39 is 6.04 Å². The molecule has 2 rings (SSSR count). The Kier molecular flexibility index (Phi) is 7.93. The van der Waals surface area contributed by atoms with Crippen LogP contribution in [-0.2, 0) is 19.1 Å². The quantitative estimate of drug-likeness (QED) is 0.466. The van der Waals surface area contributed by atoms with Crippen molar-refractivity contribution >= 4 is 17.7 Å². The number of nitrogens with zero attached hydrogens (tertiary/aromatic N) is 1. The summed E-state index contributed by atoms with van der Waals surface area (Å²) in [7, 11) is 1.64. The van der Waals surface area contributed by atoms with E-state index in [1.807, 2.05) is 12.2 Å². The molecule has 0 aromatic carbocycles. The number of piperidine rings is 1. The van der Waals surface area contributed by atoms with Crippen LogP contribution in [0.25, 0.3) is 0 Å². The van der Waals surface area contributed by atoms with Crippen molar-refractivity contribution in [2.75, 3.05) is 20.3 Å². The van der Waals surface area contributed by atoms with Gasteiger partial charge in [0.05, 0.1) is 0 Å². The number of carbonyl (C=O) groups excluding carboxylic acids is 3. The fraction of sp³-hybridized carbons (Fsp3) is 0.500. The first kappa shape index (κ1) is 19.7. The van der Waals surface area contributed by atoms with E-state index in [0.717, 1.165) is 12.0 Å². The zero-order chi connectivity index (χ0) is 18.1. The Morgan fingerprint density at radius 2 is 2.08 bits per heavy atom. The number of ether oxygens (including phenoxy) is 1. The highest BCUT2D eigenvalue weighted by molar-refractivity contribution is 6.04. The van der Waals surface area contributed by atoms with Crippen LogP contribution >= 0.6 is 0 Å². The van der Waals surface area contributed by atoms with Crippen LogP contribution < -0.4 is 5.32 Å². The van der Waals surface area contributed by atoms with Crippen LogP contribution in [0.2, 0.25) is 0 Å². The molecule has 1 fully saturated rings. The predicted molar refractivity (Wildman–Crippen MR) is 90.7 cm³/mol. The maximum atomic E-state index is 12.3. The Morgan fingerprint density at radius 3 is 2.67 bits per heavy atom. The van der Waals surface area contributed by atoms with Crippen LogP contribution in [-0.4, -0.2) is 48.9 Å². The molecule has 6 nitrogen and oxygen atoms in total. The van der Waals surface area contributed by atoms with E-state index in [2.05, 4.69) is 17.7 Å². The SMILES string of the molecule is C#CC.COCC/C=C\C1=C(C)C(=O)N(C2CCC(=O)NC2=O)C1. The highest BCUT2D eigenvalue weighted by Crippen LogP contribution is 2.25. The largest absolute Gasteiger partial charge is 0.384 e. The fourth-order valence-corrected chi connectivity index (χ4v) is 2.55. The van der Waals surface area contributed by atoms with E-state index in [-0.39, 0.29) is 24.1 Å². The number of amides is 3. The number of terminal acetylenes is 1. The predicted octanol–water partition coefficient (Wildman–Crippen LogP) is 1.18. The normalized spacial score (nSPS) is 20.8. The van der Waals surface area contributed by atoms with E-state index in [1.54, 1.807) is 25.9 Å². The molecule has 1 saturated heterocycles. The van der Waals surface area contributed by atoms with Crippen molar-refractivity contribution in [3.05, 3.63) is 23.3 Å². The van der Waals surface area contributed by atoms with Gasteiger partial charge in [-0.1, -0.05) is 12.2 Å². The minimum atomic E-state index is -0.546. The molecule has 2 heterocycles. The molecule has 0 aliphatic carbocycles. The highest BCUT2D eigenvalue weighted by atomic mass is 16.5. The molecule has 0 spiro atoms. The van der Waals surface area contributed by atoms with Crippen molar-refractivity contribution in [3.8, 4) is 12.3 Å². The van der Waals surface area contributed by atoms with Gasteiger partial charge in [0, 0.05) is 32.3 Å². The van der Waals surface area contributed by atoms with Crippen molar-refractivity contribution in [1.82, 2.24) is 10.2 Å². The minimum absolute atomic E-state index is 0.129. The molecule has 0 aromatic rings. The van der Waals surface area contributed by atoms with Gasteiger partial charge in [0.2, 0.25) is 11.8 Å². The summed E-state index contributed by atoms with van der Waals surface area (Å²) in [6, 6.07) is -0.546. The fourth-order valence-electron chi connectivity index (χ4n) is 2.55. The lowest BCUT2D eigenvalue weighted by Crippen LogP contribution is -2.53. The zero-order valence-electron chi connectivity index (χ0n) is 14.4. The van der Waals surface area contributed by atoms with Crippen molar-refractivity contribution in [2.45, 2.75) is 39.2 Å². The summed E-state index contributed by atoms with van der Waals surface area (Å²) in [5.74, 6) is 1.47. The standard InChI is InChI=1S/C15H20N2O4.C3H4/c1-10-11(5-3-4-8-21-2)9-17(15(10)20)12-6-7-13(18)16-14(12)19;1-3-2/h3,5,12H,4,6-9H2,1-2H3,(H,16,18,19);1H,2H3/b5-3-;. The van der Waals surface area contributed by atoms with E-state index in [1.165, 1.54) is 0 Å². The van der Waals surface area contributed by atoms with Gasteiger partial charge in [0.15, 0.2) is 0 Å². The number of carbonyl (C=O) groups is 3. The smallest absolute Gasteiger partial charge is 0.250 e. The molecule has 0 bridgehead atoms. The number of nitrogens with one attached hydrogen (secondary N) is 1. The van der Waals surface area contributed by atoms with Crippen LogP contribution in [0.3, 0.4) is 0 Å². The van der Waals surface area contributed by atoms with Crippen molar-refractivity contribution in [1.29, 1.82) is 0 Å². The first-order valence-corrected chi connectivity index (χ1v) is 7.83. The first-order valence-electron chi connectivity index (χ1n) is 7.83. The Balaban J connectivity index is 0.000000891. The summed E-state index contributed by atoms with van der Waals surface area (Å²) in [6.07, 6.45) is 9.92. The lowest BCUT2D eigenvalue weighted by Gasteiger charge is -2.29. The van der Waals surface area contributed by atoms with Crippen molar-refractivity contribution in [3.63, 3.8) is 0 Å². The second-order valence-corrected chi connectivity index (χ2v) is 5.52. The highest BCUT2D eigenvalue weighted by Gasteiger charge is 2.38. The van der Waals surface area contributed by atoms with Gasteiger partial charge in [-0.05, 0) is 32.3 Å². The second-order valence-electron chi connectivity index (χ2n) is 5.52. The molecule has 2 aliphatic rings. The van der Waals surface area contributed by atoms with Gasteiger partial charge < -0.3 is 9.64 Å². The number of methoxy groups -OCH3 is 1. The van der Waals surface area contributed by atoms with Gasteiger partial charge >= 0.3 is 0 Å². The van der Waals surface area contributed by atoms with Crippen LogP contribution in [0.1, 0.15) is 33.1 Å². The molecular weight excluding hydrogens is 308 g/mol. The molecule has 3 amide bonds. The van der Waals surface area contributed by atoms with Gasteiger partial charge in [-0.15, -0.1) is 12.3 Å². The molecule has 1 atom stereocenters. The number of hydrogen-bond acceptors (Lipinski definition) is 4. The van der Waals surface area contributed by atoms with Crippen molar-refractivity contribution < 1.29 is 19.1 Å². The summed E-state index contributed by atoms with van der Waals surface area (Å²) >= 11 is 0. The molecule has 0 saturated carbocycles. The Morgan fingerprint density at radius 1 is 1.42 bits per heavy atom. The van der Waals surface area contributed by atoms with Gasteiger partial charge in [0.25, 0.3) is 5.91 Å². The van der Waals surface area contributed by atoms with E-state index in [9.17, 15) is 14.4 Å². The summed E-state index contributed by atoms with van der Waals surface area (Å²) in [5.41, 5.74) is 1.58. The Bertz CT molecular complexity index is 599. The molecule has 6 heteroatoms. The Labute approximate surface area is 142 Å². The number of imide groups is 1. The molecule has 2 aliphatic heterocycles. The minimum Gasteiger partial charge on any atom is -0.384 e. The third-order valence-corrected chi connectivity index (χ3v) is 3.80. The lowest BCUT2D eigenvalue weighted by atomic mass is 10.0. The lowest BCUT2D eigenvalue weighted by molar-refractivity contribution is -0.142. The van der Waals surface area contributed by atoms with Crippen LogP contribution in [0, 0.1) is 12.3 Å². The molecule has 130 valence electrons. The molecule has 24 heavy (non-hydrogen) atoms. The summed E-state index contributed by atoms with van der Waals surface area (Å²) in [6.45, 7) is 4.47. The van der Waals surface area contributed by atoms with E-state index in [0.29, 0.717) is 25.1 Å². The van der Waals surface area contributed by atoms with Gasteiger partial charge in [-0.25, -0.2) is 0 Å². The van der Waals surface area contributed by atoms with Gasteiger partial charge in [-0.2, -0.15) is 0 Å². The third-order valence-electron chi connectivity index (χ3n) is 3.80. The number of hydrogen-bond donors (Lipinski definition) is 1. The zero-order valence-corrected chi connectivity index (χ0v) is 14.4. The van der Waals surface area contributed by atoms with Gasteiger partial charge in [-0.3, -0.25) is 19.7 Å². The van der Waals surface area contributed by atoms with Gasteiger partial charge in [0.1, 0.15) is 6.04 Å². The Hall–Kier alpha value is -2.39. The first-order chi connectivity index (χ1) is 11.5. The van der Waals surface area contributed by atoms with Crippen LogP contribution in [0.4, 0.5) is 0 Å². The van der Waals surface area contributed by atoms with E-state index in [4.69, 9.17) is 4.74 Å². The molecule has 1 unspecified atom stereocenters. The maximum absolute atomic E-state index is 12.3. The third kappa shape index (κ3) is 5.07.